The second kappa shape index (κ2) is 5.38. The molecule has 0 fully saturated rings. The number of benzene rings is 1. The predicted molar refractivity (Wildman–Crippen MR) is 61.5 cm³/mol. The first kappa shape index (κ1) is 12.3. The van der Waals surface area contributed by atoms with E-state index in [0.717, 1.165) is 16.7 Å². The van der Waals surface area contributed by atoms with Crippen molar-refractivity contribution in [2.45, 2.75) is 19.2 Å². The number of esters is 1. The molecule has 0 unspecified atom stereocenters. The lowest BCUT2D eigenvalue weighted by Gasteiger charge is -2.10. The molecule has 0 saturated carbocycles. The molecule has 0 aliphatic rings. The van der Waals surface area contributed by atoms with E-state index in [1.807, 2.05) is 13.0 Å². The first-order valence-electron chi connectivity index (χ1n) is 4.49. The first-order valence-corrected chi connectivity index (χ1v) is 5.41. The summed E-state index contributed by atoms with van der Waals surface area (Å²) < 4.78 is 4.61. The molecule has 0 radical (unpaired) electrons. The molecule has 0 saturated heterocycles. The molecule has 82 valence electrons. The zero-order chi connectivity index (χ0) is 11.4. The molecule has 0 N–H and O–H groups in total. The number of rotatable bonds is 3. The number of carbonyl (C=O) groups is 1. The summed E-state index contributed by atoms with van der Waals surface area (Å²) in [6.45, 7) is 1.90. The summed E-state index contributed by atoms with van der Waals surface area (Å²) in [7, 11) is 1.36. The van der Waals surface area contributed by atoms with Crippen molar-refractivity contribution in [1.82, 2.24) is 0 Å². The molecule has 15 heavy (non-hydrogen) atoms. The molecule has 4 heteroatoms. The quantitative estimate of drug-likeness (QED) is 0.606. The monoisotopic (exact) mass is 246 g/mol. The minimum atomic E-state index is -0.299. The Morgan fingerprint density at radius 2 is 2.13 bits per heavy atom. The van der Waals surface area contributed by atoms with Gasteiger partial charge in [-0.25, -0.2) is 0 Å². The molecule has 1 rings (SSSR count). The molecule has 0 amide bonds. The lowest BCUT2D eigenvalue weighted by atomic mass is 10.0. The Balaban J connectivity index is 3.09. The van der Waals surface area contributed by atoms with Crippen molar-refractivity contribution in [2.24, 2.45) is 0 Å². The molecule has 2 nitrogen and oxygen atoms in total. The third-order valence-electron chi connectivity index (χ3n) is 2.35. The number of methoxy groups -OCH3 is 1. The van der Waals surface area contributed by atoms with Gasteiger partial charge in [0.25, 0.3) is 0 Å². The summed E-state index contributed by atoms with van der Waals surface area (Å²) in [6.07, 6.45) is 0.186. The average molecular weight is 247 g/mol. The number of hydrogen-bond donors (Lipinski definition) is 0. The van der Waals surface area contributed by atoms with Crippen LogP contribution < -0.4 is 0 Å². The summed E-state index contributed by atoms with van der Waals surface area (Å²) in [5.74, 6) is 0.115. The van der Waals surface area contributed by atoms with Crippen molar-refractivity contribution in [3.8, 4) is 0 Å². The molecular weight excluding hydrogens is 235 g/mol. The van der Waals surface area contributed by atoms with Crippen LogP contribution in [-0.2, 0) is 21.8 Å². The van der Waals surface area contributed by atoms with Gasteiger partial charge in [0.15, 0.2) is 0 Å². The minimum Gasteiger partial charge on any atom is -0.469 e. The van der Waals surface area contributed by atoms with Gasteiger partial charge in [-0.3, -0.25) is 4.79 Å². The SMILES string of the molecule is COC(=O)Cc1c(Cl)ccc(CCl)c1C. The highest BCUT2D eigenvalue weighted by molar-refractivity contribution is 6.31. The van der Waals surface area contributed by atoms with E-state index in [9.17, 15) is 4.79 Å². The molecule has 0 aromatic heterocycles. The Kier molecular flexibility index (Phi) is 4.43. The average Bonchev–Trinajstić information content (AvgIpc) is 2.24. The zero-order valence-electron chi connectivity index (χ0n) is 8.64. The highest BCUT2D eigenvalue weighted by Gasteiger charge is 2.12. The van der Waals surface area contributed by atoms with Crippen LogP contribution in [0.15, 0.2) is 12.1 Å². The highest BCUT2D eigenvalue weighted by Crippen LogP contribution is 2.24. The number of ether oxygens (including phenoxy) is 1. The zero-order valence-corrected chi connectivity index (χ0v) is 10.2. The van der Waals surface area contributed by atoms with Crippen molar-refractivity contribution in [1.29, 1.82) is 0 Å². The topological polar surface area (TPSA) is 26.3 Å². The van der Waals surface area contributed by atoms with E-state index in [1.54, 1.807) is 6.07 Å². The van der Waals surface area contributed by atoms with Crippen molar-refractivity contribution < 1.29 is 9.53 Å². The smallest absolute Gasteiger partial charge is 0.310 e. The third-order valence-corrected chi connectivity index (χ3v) is 2.99. The molecule has 0 atom stereocenters. The van der Waals surface area contributed by atoms with Gasteiger partial charge in [-0.15, -0.1) is 11.6 Å². The van der Waals surface area contributed by atoms with Crippen LogP contribution in [0.5, 0.6) is 0 Å². The van der Waals surface area contributed by atoms with Gasteiger partial charge in [0.05, 0.1) is 13.5 Å². The lowest BCUT2D eigenvalue weighted by molar-refractivity contribution is -0.139. The number of hydrogen-bond acceptors (Lipinski definition) is 2. The van der Waals surface area contributed by atoms with E-state index in [4.69, 9.17) is 23.2 Å². The van der Waals surface area contributed by atoms with Crippen LogP contribution >= 0.6 is 23.2 Å². The fraction of sp³-hybridized carbons (Fsp3) is 0.364. The van der Waals surface area contributed by atoms with Gasteiger partial charge in [-0.2, -0.15) is 0 Å². The molecule has 0 aliphatic heterocycles. The van der Waals surface area contributed by atoms with Gasteiger partial charge in [0.1, 0.15) is 0 Å². The second-order valence-electron chi connectivity index (χ2n) is 3.20. The maximum atomic E-state index is 11.2. The molecular formula is C11H12Cl2O2. The number of carbonyl (C=O) groups excluding carboxylic acids is 1. The van der Waals surface area contributed by atoms with Gasteiger partial charge in [0, 0.05) is 10.9 Å². The fourth-order valence-corrected chi connectivity index (χ4v) is 1.91. The normalized spacial score (nSPS) is 10.1. The van der Waals surface area contributed by atoms with E-state index in [0.29, 0.717) is 10.9 Å². The number of halogens is 2. The maximum absolute atomic E-state index is 11.2. The summed E-state index contributed by atoms with van der Waals surface area (Å²) in [5.41, 5.74) is 2.74. The van der Waals surface area contributed by atoms with E-state index in [1.165, 1.54) is 7.11 Å². The Morgan fingerprint density at radius 3 is 2.67 bits per heavy atom. The highest BCUT2D eigenvalue weighted by atomic mass is 35.5. The van der Waals surface area contributed by atoms with Gasteiger partial charge in [-0.05, 0) is 29.7 Å². The first-order chi connectivity index (χ1) is 7.10. The van der Waals surface area contributed by atoms with E-state index in [2.05, 4.69) is 4.74 Å². The summed E-state index contributed by atoms with van der Waals surface area (Å²) in [5, 5.41) is 0.576. The minimum absolute atomic E-state index is 0.186. The van der Waals surface area contributed by atoms with Crippen LogP contribution in [-0.4, -0.2) is 13.1 Å². The van der Waals surface area contributed by atoms with Crippen LogP contribution in [0.1, 0.15) is 16.7 Å². The predicted octanol–water partition coefficient (Wildman–Crippen LogP) is 3.10. The maximum Gasteiger partial charge on any atom is 0.310 e. The summed E-state index contributed by atoms with van der Waals surface area (Å²) >= 11 is 11.8. The lowest BCUT2D eigenvalue weighted by Crippen LogP contribution is -2.07. The molecule has 0 spiro atoms. The Labute approximate surface area is 99.1 Å². The Hall–Kier alpha value is -0.730. The van der Waals surface area contributed by atoms with Crippen LogP contribution in [0, 0.1) is 6.92 Å². The summed E-state index contributed by atoms with van der Waals surface area (Å²) in [6, 6.07) is 3.62. The Bertz CT molecular complexity index is 375. The van der Waals surface area contributed by atoms with Gasteiger partial charge >= 0.3 is 5.97 Å². The third kappa shape index (κ3) is 2.86. The molecule has 0 aliphatic carbocycles. The molecule has 0 bridgehead atoms. The van der Waals surface area contributed by atoms with Crippen LogP contribution in [0.3, 0.4) is 0 Å². The Morgan fingerprint density at radius 1 is 1.47 bits per heavy atom. The fourth-order valence-electron chi connectivity index (χ4n) is 1.35. The van der Waals surface area contributed by atoms with E-state index >= 15 is 0 Å². The van der Waals surface area contributed by atoms with Crippen LogP contribution in [0.25, 0.3) is 0 Å². The molecule has 0 heterocycles. The summed E-state index contributed by atoms with van der Waals surface area (Å²) in [4.78, 5) is 11.2. The van der Waals surface area contributed by atoms with Crippen molar-refractivity contribution in [3.05, 3.63) is 33.8 Å². The van der Waals surface area contributed by atoms with Gasteiger partial charge in [0.2, 0.25) is 0 Å². The van der Waals surface area contributed by atoms with Crippen molar-refractivity contribution in [3.63, 3.8) is 0 Å². The van der Waals surface area contributed by atoms with Gasteiger partial charge in [-0.1, -0.05) is 17.7 Å². The van der Waals surface area contributed by atoms with Gasteiger partial charge < -0.3 is 4.74 Å². The number of alkyl halides is 1. The van der Waals surface area contributed by atoms with Crippen molar-refractivity contribution >= 4 is 29.2 Å². The van der Waals surface area contributed by atoms with Crippen LogP contribution in [0.2, 0.25) is 5.02 Å². The van der Waals surface area contributed by atoms with Crippen LogP contribution in [0.4, 0.5) is 0 Å². The van der Waals surface area contributed by atoms with E-state index < -0.39 is 0 Å². The largest absolute Gasteiger partial charge is 0.469 e. The standard InChI is InChI=1S/C11H12Cl2O2/c1-7-8(6-12)3-4-10(13)9(7)5-11(14)15-2/h3-4H,5-6H2,1-2H3. The van der Waals surface area contributed by atoms with E-state index in [-0.39, 0.29) is 12.4 Å². The van der Waals surface area contributed by atoms with Crippen molar-refractivity contribution in [2.75, 3.05) is 7.11 Å². The molecule has 1 aromatic rings. The second-order valence-corrected chi connectivity index (χ2v) is 3.87. The molecule has 1 aromatic carbocycles.